The van der Waals surface area contributed by atoms with Gasteiger partial charge < -0.3 is 31.0 Å². The van der Waals surface area contributed by atoms with Crippen LogP contribution in [-0.4, -0.2) is 99.3 Å². The van der Waals surface area contributed by atoms with Crippen molar-refractivity contribution in [1.82, 2.24) is 31.5 Å². The van der Waals surface area contributed by atoms with Gasteiger partial charge in [-0.25, -0.2) is 9.59 Å². The first kappa shape index (κ1) is 45.1. The number of rotatable bonds is 5. The molecule has 0 aromatic heterocycles. The Morgan fingerprint density at radius 3 is 1.73 bits per heavy atom. The standard InChI is InChI=1S/C27H31N3O3.C19H23N3O3.C8H8O/c1-18-7-8-20-16-22-27(33)11-10-26(23(31)28-24(32)29-26)17-25(27,21(20)15-18)12-14-30(22)13-9-19-5-3-2-4-6-19;1-11-2-3-12-9-14-19(25)5-4-18(15(23)21-16(24)22-18)10-17(19,6-7-20-14)13(12)8-11;9-7-6-8-4-2-1-3-5-8/h2-8,15,22,33H,9-14,16-17H2,1H3,(H2,28,29,31,32);2-3,8,14,20,25H,4-7,9-10H2,1H3,(H2,21,22,23,24);1-5,7H,6H2/t22-,25-,26+,27-;14-,17-,18+,19-;/m11./s1. The van der Waals surface area contributed by atoms with Gasteiger partial charge in [-0.15, -0.1) is 0 Å². The summed E-state index contributed by atoms with van der Waals surface area (Å²) < 4.78 is 0. The van der Waals surface area contributed by atoms with Gasteiger partial charge in [0.2, 0.25) is 0 Å². The topological polar surface area (TPSA) is 189 Å². The molecular formula is C54H62N6O7. The van der Waals surface area contributed by atoms with E-state index in [4.69, 9.17) is 0 Å². The van der Waals surface area contributed by atoms with E-state index in [1.165, 1.54) is 27.8 Å². The van der Waals surface area contributed by atoms with E-state index < -0.39 is 45.2 Å². The van der Waals surface area contributed by atoms with Crippen molar-refractivity contribution in [2.75, 3.05) is 19.6 Å². The molecule has 350 valence electrons. The second kappa shape index (κ2) is 16.8. The largest absolute Gasteiger partial charge is 0.387 e. The molecule has 2 spiro atoms. The average molecular weight is 907 g/mol. The lowest BCUT2D eigenvalue weighted by Crippen LogP contribution is -2.76. The molecule has 13 heteroatoms. The number of amides is 6. The lowest BCUT2D eigenvalue weighted by Gasteiger charge is -2.65. The van der Waals surface area contributed by atoms with Crippen LogP contribution in [0.2, 0.25) is 0 Å². The van der Waals surface area contributed by atoms with E-state index in [0.717, 1.165) is 74.7 Å². The van der Waals surface area contributed by atoms with Gasteiger partial charge in [0.05, 0.1) is 11.2 Å². The Labute approximate surface area is 391 Å². The Bertz CT molecular complexity index is 2630. The number of urea groups is 2. The Hall–Kier alpha value is -5.73. The summed E-state index contributed by atoms with van der Waals surface area (Å²) in [6.45, 7) is 6.73. The second-order valence-electron chi connectivity index (χ2n) is 20.7. The number of piperidine rings is 2. The summed E-state index contributed by atoms with van der Waals surface area (Å²) in [4.78, 5) is 61.9. The Kier molecular flexibility index (Phi) is 11.3. The molecule has 0 unspecified atom stereocenters. The Balaban J connectivity index is 0.000000136. The van der Waals surface area contributed by atoms with Crippen molar-refractivity contribution in [1.29, 1.82) is 0 Å². The van der Waals surface area contributed by atoms with Crippen LogP contribution in [0.4, 0.5) is 9.59 Å². The summed E-state index contributed by atoms with van der Waals surface area (Å²) in [5.41, 5.74) is 4.86. The van der Waals surface area contributed by atoms with Crippen molar-refractivity contribution in [3.63, 3.8) is 0 Å². The molecule has 12 rings (SSSR count). The summed E-state index contributed by atoms with van der Waals surface area (Å²) in [6.07, 6.45) is 8.41. The summed E-state index contributed by atoms with van der Waals surface area (Å²) in [5.74, 6) is -0.490. The number of likely N-dealkylation sites (tertiary alicyclic amines) is 1. The molecule has 4 aromatic carbocycles. The zero-order valence-electron chi connectivity index (χ0n) is 38.5. The SMILES string of the molecule is Cc1ccc2c(c1)[C@]13CCN(CCc4ccccc4)[C@H](C2)[C@]1(O)CC[C@@]1(C3)NC(=O)NC1=O.Cc1ccc2c(c1)[C@]13CCN[C@H](C2)[C@]1(O)CC[C@@]1(C3)NC(=O)NC1=O.O=CCc1ccccc1. The molecule has 7 N–H and O–H groups in total. The van der Waals surface area contributed by atoms with Gasteiger partial charge in [0.25, 0.3) is 11.8 Å². The van der Waals surface area contributed by atoms with Gasteiger partial charge in [0.15, 0.2) is 0 Å². The normalized spacial score (nSPS) is 34.0. The third kappa shape index (κ3) is 7.31. The number of nitrogens with zero attached hydrogens (tertiary/aromatic N) is 1. The predicted molar refractivity (Wildman–Crippen MR) is 252 cm³/mol. The van der Waals surface area contributed by atoms with Crippen LogP contribution in [0.3, 0.4) is 0 Å². The number of aliphatic hydroxyl groups is 2. The van der Waals surface area contributed by atoms with Gasteiger partial charge in [-0.1, -0.05) is 108 Å². The Morgan fingerprint density at radius 1 is 0.642 bits per heavy atom. The smallest absolute Gasteiger partial charge is 0.322 e. The van der Waals surface area contributed by atoms with E-state index in [1.807, 2.05) is 36.4 Å². The van der Waals surface area contributed by atoms with Gasteiger partial charge >= 0.3 is 12.1 Å². The van der Waals surface area contributed by atoms with Crippen molar-refractivity contribution >= 4 is 30.2 Å². The fourth-order valence-corrected chi connectivity index (χ4v) is 13.9. The third-order valence-corrected chi connectivity index (χ3v) is 17.2. The van der Waals surface area contributed by atoms with Crippen molar-refractivity contribution in [2.24, 2.45) is 0 Å². The number of aldehydes is 1. The quantitative estimate of drug-likeness (QED) is 0.110. The van der Waals surface area contributed by atoms with Crippen LogP contribution in [-0.2, 0) is 50.9 Å². The summed E-state index contributed by atoms with van der Waals surface area (Å²) in [7, 11) is 0. The number of nitrogens with one attached hydrogen (secondary N) is 5. The second-order valence-corrected chi connectivity index (χ2v) is 20.7. The van der Waals surface area contributed by atoms with Crippen LogP contribution in [0.1, 0.15) is 95.9 Å². The molecule has 4 saturated heterocycles. The number of carbonyl (C=O) groups is 5. The zero-order chi connectivity index (χ0) is 46.8. The van der Waals surface area contributed by atoms with Gasteiger partial charge in [0.1, 0.15) is 17.4 Å². The summed E-state index contributed by atoms with van der Waals surface area (Å²) in [5, 5.41) is 38.5. The molecule has 13 nitrogen and oxygen atoms in total. The van der Waals surface area contributed by atoms with Crippen LogP contribution in [0.15, 0.2) is 97.1 Å². The van der Waals surface area contributed by atoms with E-state index in [2.05, 4.69) is 106 Å². The number of benzene rings is 4. The van der Waals surface area contributed by atoms with Crippen LogP contribution >= 0.6 is 0 Å². The third-order valence-electron chi connectivity index (χ3n) is 17.2. The zero-order valence-corrected chi connectivity index (χ0v) is 38.5. The summed E-state index contributed by atoms with van der Waals surface area (Å²) >= 11 is 0. The van der Waals surface area contributed by atoms with Crippen LogP contribution in [0, 0.1) is 13.8 Å². The lowest BCUT2D eigenvalue weighted by atomic mass is 9.46. The van der Waals surface area contributed by atoms with Crippen molar-refractivity contribution < 1.29 is 34.2 Å². The molecule has 67 heavy (non-hydrogen) atoms. The fraction of sp³-hybridized carbons (Fsp3) is 0.463. The molecule has 0 radical (unpaired) electrons. The Morgan fingerprint density at radius 2 is 1.18 bits per heavy atom. The monoisotopic (exact) mass is 906 g/mol. The summed E-state index contributed by atoms with van der Waals surface area (Å²) in [6, 6.07) is 32.3. The minimum Gasteiger partial charge on any atom is -0.387 e. The first-order chi connectivity index (χ1) is 32.2. The average Bonchev–Trinajstić information content (AvgIpc) is 3.75. The number of aryl methyl sites for hydroxylation is 2. The minimum absolute atomic E-state index is 0.00249. The maximum atomic E-state index is 12.9. The van der Waals surface area contributed by atoms with Crippen molar-refractivity contribution in [3.8, 4) is 0 Å². The molecule has 4 bridgehead atoms. The maximum Gasteiger partial charge on any atom is 0.322 e. The fourth-order valence-electron chi connectivity index (χ4n) is 13.9. The molecule has 4 aromatic rings. The molecule has 6 fully saturated rings. The van der Waals surface area contributed by atoms with E-state index in [9.17, 15) is 34.2 Å². The van der Waals surface area contributed by atoms with Crippen LogP contribution in [0.5, 0.6) is 0 Å². The molecule has 8 atom stereocenters. The number of carbonyl (C=O) groups excluding carboxylic acids is 5. The highest BCUT2D eigenvalue weighted by molar-refractivity contribution is 6.08. The van der Waals surface area contributed by atoms with Crippen LogP contribution < -0.4 is 26.6 Å². The number of hydrogen-bond acceptors (Lipinski definition) is 9. The number of fused-ring (bicyclic) bond motifs is 2. The maximum absolute atomic E-state index is 12.9. The molecule has 4 aliphatic carbocycles. The van der Waals surface area contributed by atoms with E-state index in [1.54, 1.807) is 0 Å². The molecule has 8 aliphatic rings. The molecule has 4 aliphatic heterocycles. The van der Waals surface area contributed by atoms with Gasteiger partial charge in [-0.2, -0.15) is 0 Å². The van der Waals surface area contributed by atoms with E-state index >= 15 is 0 Å². The molecular weight excluding hydrogens is 845 g/mol. The first-order valence-electron chi connectivity index (χ1n) is 24.1. The highest BCUT2D eigenvalue weighted by Gasteiger charge is 2.70. The van der Waals surface area contributed by atoms with E-state index in [-0.39, 0.29) is 23.9 Å². The highest BCUT2D eigenvalue weighted by Crippen LogP contribution is 2.61. The minimum atomic E-state index is -0.932. The van der Waals surface area contributed by atoms with Crippen molar-refractivity contribution in [3.05, 3.63) is 142 Å². The number of hydrogen-bond donors (Lipinski definition) is 7. The molecule has 2 saturated carbocycles. The molecule has 4 heterocycles. The van der Waals surface area contributed by atoms with Gasteiger partial charge in [-0.05, 0) is 131 Å². The highest BCUT2D eigenvalue weighted by atomic mass is 16.3. The molecule has 6 amide bonds. The predicted octanol–water partition coefficient (Wildman–Crippen LogP) is 4.67. The number of imide groups is 2. The van der Waals surface area contributed by atoms with Crippen molar-refractivity contribution in [2.45, 2.75) is 136 Å². The van der Waals surface area contributed by atoms with Gasteiger partial charge in [0, 0.05) is 35.9 Å². The van der Waals surface area contributed by atoms with Gasteiger partial charge in [-0.3, -0.25) is 25.1 Å². The lowest BCUT2D eigenvalue weighted by molar-refractivity contribution is -0.179. The first-order valence-corrected chi connectivity index (χ1v) is 24.1. The van der Waals surface area contributed by atoms with Crippen LogP contribution in [0.25, 0.3) is 0 Å². The van der Waals surface area contributed by atoms with E-state index in [0.29, 0.717) is 44.9 Å².